The average molecular weight is 211 g/mol. The van der Waals surface area contributed by atoms with Crippen molar-refractivity contribution in [2.75, 3.05) is 6.54 Å². The van der Waals surface area contributed by atoms with Crippen LogP contribution in [0, 0.1) is 5.92 Å². The van der Waals surface area contributed by atoms with E-state index < -0.39 is 6.10 Å². The first kappa shape index (κ1) is 10.6. The Hall–Kier alpha value is -0.870. The summed E-state index contributed by atoms with van der Waals surface area (Å²) >= 11 is 0. The number of hydrogen-bond donors (Lipinski definition) is 0. The fourth-order valence-corrected chi connectivity index (χ4v) is 1.85. The topological polar surface area (TPSA) is 38.8 Å². The Bertz CT molecular complexity index is 298. The number of nitrogens with zero attached hydrogens (tertiary/aromatic N) is 1. The molecule has 1 saturated heterocycles. The van der Waals surface area contributed by atoms with E-state index in [0.29, 0.717) is 5.92 Å². The highest BCUT2D eigenvalue weighted by molar-refractivity contribution is 5.85. The van der Waals surface area contributed by atoms with E-state index in [4.69, 9.17) is 9.78 Å². The van der Waals surface area contributed by atoms with Crippen molar-refractivity contribution in [3.8, 4) is 0 Å². The highest BCUT2D eigenvalue weighted by Gasteiger charge is 2.42. The van der Waals surface area contributed by atoms with Gasteiger partial charge in [-0.2, -0.15) is 0 Å². The molecule has 0 radical (unpaired) electrons. The van der Waals surface area contributed by atoms with Crippen LogP contribution in [0.25, 0.3) is 0 Å². The Morgan fingerprint density at radius 3 is 2.80 bits per heavy atom. The average Bonchev–Trinajstić information content (AvgIpc) is 2.18. The summed E-state index contributed by atoms with van der Waals surface area (Å²) in [6, 6.07) is 0. The van der Waals surface area contributed by atoms with Crippen LogP contribution in [-0.2, 0) is 14.6 Å². The summed E-state index contributed by atoms with van der Waals surface area (Å²) < 4.78 is 0. The highest BCUT2D eigenvalue weighted by Crippen LogP contribution is 2.28. The van der Waals surface area contributed by atoms with Gasteiger partial charge in [0.2, 0.25) is 0 Å². The van der Waals surface area contributed by atoms with E-state index in [-0.39, 0.29) is 12.1 Å². The van der Waals surface area contributed by atoms with Crippen LogP contribution in [0.4, 0.5) is 0 Å². The van der Waals surface area contributed by atoms with Crippen LogP contribution in [0.1, 0.15) is 27.2 Å². The third-order valence-electron chi connectivity index (χ3n) is 2.81. The molecule has 1 amide bonds. The van der Waals surface area contributed by atoms with E-state index in [0.717, 1.165) is 18.5 Å². The molecule has 0 aliphatic carbocycles. The van der Waals surface area contributed by atoms with Crippen LogP contribution in [0.2, 0.25) is 0 Å². The quantitative estimate of drug-likeness (QED) is 0.524. The molecule has 3 aliphatic rings. The number of fused-ring (bicyclic) bond motifs is 2. The predicted molar refractivity (Wildman–Crippen MR) is 54.7 cm³/mol. The fourth-order valence-electron chi connectivity index (χ4n) is 1.85. The van der Waals surface area contributed by atoms with Gasteiger partial charge in [-0.05, 0) is 30.9 Å². The molecule has 0 spiro atoms. The molecule has 2 atom stereocenters. The molecule has 3 rings (SSSR count). The molecule has 1 fully saturated rings. The highest BCUT2D eigenvalue weighted by atomic mass is 17.2. The molecule has 0 saturated carbocycles. The molecule has 84 valence electrons. The summed E-state index contributed by atoms with van der Waals surface area (Å²) in [6.45, 7) is 7.00. The number of rotatable bonds is 3. The van der Waals surface area contributed by atoms with Gasteiger partial charge in [0, 0.05) is 6.54 Å². The summed E-state index contributed by atoms with van der Waals surface area (Å²) in [4.78, 5) is 23.7. The Morgan fingerprint density at radius 2 is 2.20 bits per heavy atom. The minimum Gasteiger partial charge on any atom is -0.308 e. The van der Waals surface area contributed by atoms with Crippen molar-refractivity contribution in [2.45, 2.75) is 39.5 Å². The molecule has 0 N–H and O–H groups in total. The van der Waals surface area contributed by atoms with Crippen molar-refractivity contribution in [1.82, 2.24) is 4.90 Å². The van der Waals surface area contributed by atoms with Gasteiger partial charge in [0.25, 0.3) is 5.91 Å². The Labute approximate surface area is 89.8 Å². The van der Waals surface area contributed by atoms with E-state index in [9.17, 15) is 4.79 Å². The van der Waals surface area contributed by atoms with Crippen LogP contribution < -0.4 is 0 Å². The lowest BCUT2D eigenvalue weighted by atomic mass is 10.0. The van der Waals surface area contributed by atoms with Crippen molar-refractivity contribution in [3.05, 3.63) is 11.6 Å². The number of carbonyl (C=O) groups excluding carboxylic acids is 1. The van der Waals surface area contributed by atoms with Crippen LogP contribution >= 0.6 is 0 Å². The van der Waals surface area contributed by atoms with Crippen molar-refractivity contribution in [1.29, 1.82) is 0 Å². The van der Waals surface area contributed by atoms with Gasteiger partial charge in [-0.15, -0.1) is 0 Å². The Kier molecular flexibility index (Phi) is 2.80. The first-order valence-corrected chi connectivity index (χ1v) is 5.40. The predicted octanol–water partition coefficient (Wildman–Crippen LogP) is 1.48. The molecule has 2 unspecified atom stereocenters. The lowest BCUT2D eigenvalue weighted by Gasteiger charge is -2.41. The lowest BCUT2D eigenvalue weighted by molar-refractivity contribution is -0.378. The zero-order valence-corrected chi connectivity index (χ0v) is 9.40. The second kappa shape index (κ2) is 3.94. The standard InChI is InChI=1S/C11H17NO3/c1-7(2)4-5-12-10(13)9-6-8(3)11(12)15-14-9/h6-7,9,11H,4-5H2,1-3H3. The van der Waals surface area contributed by atoms with E-state index in [1.165, 1.54) is 0 Å². The first-order chi connectivity index (χ1) is 7.09. The van der Waals surface area contributed by atoms with Crippen molar-refractivity contribution < 1.29 is 14.6 Å². The smallest absolute Gasteiger partial charge is 0.261 e. The van der Waals surface area contributed by atoms with Crippen LogP contribution in [0.5, 0.6) is 0 Å². The van der Waals surface area contributed by atoms with E-state index in [1.54, 1.807) is 4.90 Å². The number of carbonyl (C=O) groups is 1. The van der Waals surface area contributed by atoms with E-state index in [1.807, 2.05) is 13.0 Å². The third kappa shape index (κ3) is 1.92. The minimum atomic E-state index is -0.526. The van der Waals surface area contributed by atoms with Crippen LogP contribution in [0.3, 0.4) is 0 Å². The summed E-state index contributed by atoms with van der Waals surface area (Å²) in [5.41, 5.74) is 1.06. The van der Waals surface area contributed by atoms with Crippen LogP contribution in [0.15, 0.2) is 11.6 Å². The molecule has 4 heteroatoms. The molecule has 3 heterocycles. The van der Waals surface area contributed by atoms with E-state index >= 15 is 0 Å². The summed E-state index contributed by atoms with van der Waals surface area (Å²) in [6.07, 6.45) is 2.00. The second-order valence-electron chi connectivity index (χ2n) is 4.59. The molecule has 2 bridgehead atoms. The van der Waals surface area contributed by atoms with Gasteiger partial charge >= 0.3 is 0 Å². The third-order valence-corrected chi connectivity index (χ3v) is 2.81. The Balaban J connectivity index is 2.07. The molecular weight excluding hydrogens is 194 g/mol. The Morgan fingerprint density at radius 1 is 1.47 bits per heavy atom. The first-order valence-electron chi connectivity index (χ1n) is 5.40. The monoisotopic (exact) mass is 211 g/mol. The molecule has 3 aliphatic heterocycles. The summed E-state index contributed by atoms with van der Waals surface area (Å²) in [5.74, 6) is 0.612. The molecule has 0 aromatic rings. The van der Waals surface area contributed by atoms with Gasteiger partial charge in [-0.3, -0.25) is 4.79 Å². The molecule has 0 aromatic carbocycles. The van der Waals surface area contributed by atoms with Gasteiger partial charge in [-0.1, -0.05) is 13.8 Å². The number of amides is 1. The van der Waals surface area contributed by atoms with Gasteiger partial charge in [-0.25, -0.2) is 9.78 Å². The fraction of sp³-hybridized carbons (Fsp3) is 0.727. The molecule has 15 heavy (non-hydrogen) atoms. The van der Waals surface area contributed by atoms with E-state index in [2.05, 4.69) is 13.8 Å². The molecule has 0 aromatic heterocycles. The maximum Gasteiger partial charge on any atom is 0.261 e. The van der Waals surface area contributed by atoms with Crippen molar-refractivity contribution >= 4 is 5.91 Å². The lowest BCUT2D eigenvalue weighted by Crippen LogP contribution is -2.56. The SMILES string of the molecule is CC1=CC2OOC1N(CCC(C)C)C2=O. The minimum absolute atomic E-state index is 0.0255. The zero-order valence-electron chi connectivity index (χ0n) is 9.40. The van der Waals surface area contributed by atoms with Gasteiger partial charge in [0.1, 0.15) is 0 Å². The zero-order chi connectivity index (χ0) is 11.0. The van der Waals surface area contributed by atoms with Gasteiger partial charge in [0.05, 0.1) is 0 Å². The molecular formula is C11H17NO3. The summed E-state index contributed by atoms with van der Waals surface area (Å²) in [5, 5.41) is 0. The van der Waals surface area contributed by atoms with Gasteiger partial charge in [0.15, 0.2) is 12.3 Å². The second-order valence-corrected chi connectivity index (χ2v) is 4.59. The largest absolute Gasteiger partial charge is 0.308 e. The number of hydrogen-bond acceptors (Lipinski definition) is 3. The maximum atomic E-state index is 11.8. The normalized spacial score (nSPS) is 30.0. The maximum absolute atomic E-state index is 11.8. The van der Waals surface area contributed by atoms with Crippen molar-refractivity contribution in [2.24, 2.45) is 5.92 Å². The van der Waals surface area contributed by atoms with Gasteiger partial charge < -0.3 is 4.90 Å². The van der Waals surface area contributed by atoms with Crippen LogP contribution in [-0.4, -0.2) is 29.7 Å². The van der Waals surface area contributed by atoms with Crippen molar-refractivity contribution in [3.63, 3.8) is 0 Å². The summed E-state index contributed by atoms with van der Waals surface area (Å²) in [7, 11) is 0. The molecule has 4 nitrogen and oxygen atoms in total.